The molecule has 0 saturated carbocycles. The van der Waals surface area contributed by atoms with Crippen molar-refractivity contribution in [2.45, 2.75) is 33.9 Å². The number of rotatable bonds is 4. The number of carbonyl (C=O) groups is 2. The van der Waals surface area contributed by atoms with E-state index in [9.17, 15) is 9.59 Å². The van der Waals surface area contributed by atoms with Crippen LogP contribution in [-0.2, 0) is 17.9 Å². The van der Waals surface area contributed by atoms with Crippen molar-refractivity contribution in [1.29, 1.82) is 0 Å². The van der Waals surface area contributed by atoms with Crippen LogP contribution >= 0.6 is 0 Å². The average Bonchev–Trinajstić information content (AvgIpc) is 2.38. The van der Waals surface area contributed by atoms with Crippen LogP contribution in [0.1, 0.15) is 32.4 Å². The molecule has 0 atom stereocenters. The van der Waals surface area contributed by atoms with Gasteiger partial charge < -0.3 is 14.9 Å². The second-order valence-corrected chi connectivity index (χ2v) is 5.78. The average molecular weight is 296 g/mol. The lowest BCUT2D eigenvalue weighted by Crippen LogP contribution is -2.36. The van der Waals surface area contributed by atoms with Crippen molar-refractivity contribution in [3.63, 3.8) is 0 Å². The van der Waals surface area contributed by atoms with Gasteiger partial charge in [0.2, 0.25) is 5.91 Å². The van der Waals surface area contributed by atoms with Gasteiger partial charge in [-0.15, -0.1) is 20.4 Å². The highest BCUT2D eigenvalue weighted by Crippen LogP contribution is 2.17. The summed E-state index contributed by atoms with van der Waals surface area (Å²) in [7, 11) is 3.05. The minimum Gasteiger partial charge on any atom is -0.465 e. The monoisotopic (exact) mass is 296 g/mol. The summed E-state index contributed by atoms with van der Waals surface area (Å²) in [5, 5.41) is 24.1. The Bertz CT molecular complexity index is 511. The zero-order valence-electron chi connectivity index (χ0n) is 12.9. The third-order valence-electron chi connectivity index (χ3n) is 2.63. The molecule has 0 fully saturated rings. The first-order valence-corrected chi connectivity index (χ1v) is 6.36. The molecule has 9 nitrogen and oxygen atoms in total. The van der Waals surface area contributed by atoms with Gasteiger partial charge in [0.05, 0.1) is 13.1 Å². The molecule has 21 heavy (non-hydrogen) atoms. The minimum absolute atomic E-state index is 0.00632. The number of carbonyl (C=O) groups excluding carboxylic acids is 1. The molecule has 0 spiro atoms. The Morgan fingerprint density at radius 2 is 1.33 bits per heavy atom. The van der Waals surface area contributed by atoms with Crippen molar-refractivity contribution in [2.75, 3.05) is 14.1 Å². The van der Waals surface area contributed by atoms with E-state index in [1.807, 2.05) is 20.8 Å². The summed E-state index contributed by atoms with van der Waals surface area (Å²) < 4.78 is 0. The number of hydrogen-bond donors (Lipinski definition) is 1. The Hall–Kier alpha value is -2.32. The molecule has 0 radical (unpaired) electrons. The summed E-state index contributed by atoms with van der Waals surface area (Å²) in [6.07, 6.45) is -1.09. The molecule has 1 N–H and O–H groups in total. The standard InChI is InChI=1S/C12H20N6O3/c1-12(2,3)10(19)17(4)6-8-13-15-9(16-14-8)7-18(5)11(20)21/h6-7H2,1-5H3,(H,20,21). The van der Waals surface area contributed by atoms with Crippen LogP contribution in [-0.4, -0.2) is 61.4 Å². The molecule has 0 saturated heterocycles. The van der Waals surface area contributed by atoms with Crippen LogP contribution in [0.2, 0.25) is 0 Å². The van der Waals surface area contributed by atoms with E-state index in [0.29, 0.717) is 5.82 Å². The summed E-state index contributed by atoms with van der Waals surface area (Å²) in [4.78, 5) is 25.2. The zero-order chi connectivity index (χ0) is 16.2. The summed E-state index contributed by atoms with van der Waals surface area (Å²) >= 11 is 0. The number of carboxylic acid groups (broad SMARTS) is 1. The van der Waals surface area contributed by atoms with E-state index in [-0.39, 0.29) is 24.8 Å². The summed E-state index contributed by atoms with van der Waals surface area (Å²) in [6, 6.07) is 0. The van der Waals surface area contributed by atoms with Crippen molar-refractivity contribution < 1.29 is 14.7 Å². The Labute approximate surface area is 123 Å². The van der Waals surface area contributed by atoms with Gasteiger partial charge in [-0.25, -0.2) is 4.79 Å². The minimum atomic E-state index is -1.09. The Morgan fingerprint density at radius 1 is 0.952 bits per heavy atom. The molecule has 0 aromatic carbocycles. The predicted octanol–water partition coefficient (Wildman–Crippen LogP) is 0.381. The third-order valence-corrected chi connectivity index (χ3v) is 2.63. The molecule has 2 amide bonds. The van der Waals surface area contributed by atoms with E-state index in [0.717, 1.165) is 4.90 Å². The van der Waals surface area contributed by atoms with Crippen molar-refractivity contribution in [1.82, 2.24) is 30.2 Å². The van der Waals surface area contributed by atoms with E-state index in [1.165, 1.54) is 11.9 Å². The van der Waals surface area contributed by atoms with Gasteiger partial charge in [-0.3, -0.25) is 4.79 Å². The molecule has 116 valence electrons. The molecule has 1 aromatic rings. The Kier molecular flexibility index (Phi) is 5.12. The first-order chi connectivity index (χ1) is 9.61. The van der Waals surface area contributed by atoms with Gasteiger partial charge in [-0.05, 0) is 0 Å². The lowest BCUT2D eigenvalue weighted by atomic mass is 9.95. The van der Waals surface area contributed by atoms with Crippen molar-refractivity contribution >= 4 is 12.0 Å². The second-order valence-electron chi connectivity index (χ2n) is 5.78. The van der Waals surface area contributed by atoms with Crippen LogP contribution in [0.25, 0.3) is 0 Å². The van der Waals surface area contributed by atoms with E-state index in [1.54, 1.807) is 7.05 Å². The van der Waals surface area contributed by atoms with Crippen LogP contribution in [0, 0.1) is 5.41 Å². The van der Waals surface area contributed by atoms with Crippen LogP contribution in [0.4, 0.5) is 4.79 Å². The molecule has 1 aromatic heterocycles. The van der Waals surface area contributed by atoms with Crippen molar-refractivity contribution in [2.24, 2.45) is 5.41 Å². The lowest BCUT2D eigenvalue weighted by molar-refractivity contribution is -0.138. The van der Waals surface area contributed by atoms with Crippen LogP contribution < -0.4 is 0 Å². The molecule has 1 heterocycles. The largest absolute Gasteiger partial charge is 0.465 e. The summed E-state index contributed by atoms with van der Waals surface area (Å²) in [5.41, 5.74) is -0.486. The SMILES string of the molecule is CN(Cc1nnc(CN(C)C(=O)C(C)(C)C)nn1)C(=O)O. The molecule has 0 bridgehead atoms. The number of nitrogens with zero attached hydrogens (tertiary/aromatic N) is 6. The van der Waals surface area contributed by atoms with Crippen molar-refractivity contribution in [3.8, 4) is 0 Å². The van der Waals surface area contributed by atoms with Crippen LogP contribution in [0.5, 0.6) is 0 Å². The quantitative estimate of drug-likeness (QED) is 0.854. The molecule has 0 aliphatic heterocycles. The molecule has 9 heteroatoms. The first kappa shape index (κ1) is 16.7. The van der Waals surface area contributed by atoms with Gasteiger partial charge in [0.15, 0.2) is 11.6 Å². The first-order valence-electron chi connectivity index (χ1n) is 6.36. The van der Waals surface area contributed by atoms with Gasteiger partial charge in [-0.2, -0.15) is 0 Å². The molecule has 1 rings (SSSR count). The lowest BCUT2D eigenvalue weighted by Gasteiger charge is -2.25. The third kappa shape index (κ3) is 4.93. The topological polar surface area (TPSA) is 112 Å². The van der Waals surface area contributed by atoms with E-state index >= 15 is 0 Å². The van der Waals surface area contributed by atoms with Gasteiger partial charge >= 0.3 is 6.09 Å². The van der Waals surface area contributed by atoms with E-state index in [2.05, 4.69) is 20.4 Å². The van der Waals surface area contributed by atoms with E-state index in [4.69, 9.17) is 5.11 Å². The molecular weight excluding hydrogens is 276 g/mol. The van der Waals surface area contributed by atoms with Gasteiger partial charge in [-0.1, -0.05) is 20.8 Å². The highest BCUT2D eigenvalue weighted by atomic mass is 16.4. The van der Waals surface area contributed by atoms with Gasteiger partial charge in [0.1, 0.15) is 0 Å². The molecule has 0 aliphatic rings. The fourth-order valence-electron chi connectivity index (χ4n) is 1.53. The van der Waals surface area contributed by atoms with Crippen LogP contribution in [0.3, 0.4) is 0 Å². The molecule has 0 unspecified atom stereocenters. The fraction of sp³-hybridized carbons (Fsp3) is 0.667. The number of hydrogen-bond acceptors (Lipinski definition) is 6. The second kappa shape index (κ2) is 6.42. The fourth-order valence-corrected chi connectivity index (χ4v) is 1.53. The summed E-state index contributed by atoms with van der Waals surface area (Å²) in [5.74, 6) is 0.464. The predicted molar refractivity (Wildman–Crippen MR) is 73.0 cm³/mol. The Morgan fingerprint density at radius 3 is 1.67 bits per heavy atom. The number of aromatic nitrogens is 4. The number of amides is 2. The molecule has 0 aliphatic carbocycles. The Balaban J connectivity index is 2.67. The maximum atomic E-state index is 12.0. The smallest absolute Gasteiger partial charge is 0.407 e. The van der Waals surface area contributed by atoms with Crippen LogP contribution in [0.15, 0.2) is 0 Å². The van der Waals surface area contributed by atoms with Gasteiger partial charge in [0.25, 0.3) is 0 Å². The maximum Gasteiger partial charge on any atom is 0.407 e. The van der Waals surface area contributed by atoms with Gasteiger partial charge in [0, 0.05) is 19.5 Å². The summed E-state index contributed by atoms with van der Waals surface area (Å²) in [6.45, 7) is 5.69. The van der Waals surface area contributed by atoms with E-state index < -0.39 is 11.5 Å². The normalized spacial score (nSPS) is 11.1. The van der Waals surface area contributed by atoms with Crippen molar-refractivity contribution in [3.05, 3.63) is 11.6 Å². The highest BCUT2D eigenvalue weighted by molar-refractivity contribution is 5.81. The molecular formula is C12H20N6O3. The zero-order valence-corrected chi connectivity index (χ0v) is 12.9. The maximum absolute atomic E-state index is 12.0. The highest BCUT2D eigenvalue weighted by Gasteiger charge is 2.25.